The van der Waals surface area contributed by atoms with Crippen molar-refractivity contribution in [3.8, 4) is 0 Å². The molecule has 92 valence electrons. The van der Waals surface area contributed by atoms with E-state index in [1.165, 1.54) is 12.1 Å². The number of rotatable bonds is 4. The Kier molecular flexibility index (Phi) is 4.20. The second kappa shape index (κ2) is 5.43. The Morgan fingerprint density at radius 2 is 2.12 bits per heavy atom. The van der Waals surface area contributed by atoms with Gasteiger partial charge in [-0.15, -0.1) is 6.58 Å². The van der Waals surface area contributed by atoms with Crippen LogP contribution in [0.15, 0.2) is 24.8 Å². The van der Waals surface area contributed by atoms with Gasteiger partial charge < -0.3 is 10.1 Å². The standard InChI is InChI=1S/C12H13F2NO2/c1-4-7(2)15-9-6-5-8(12(16)17-3)10(13)11(9)14/h4-7,15H,1H2,2-3H3. The molecule has 1 aromatic rings. The molecule has 0 aromatic heterocycles. The number of halogens is 2. The van der Waals surface area contributed by atoms with Crippen molar-refractivity contribution < 1.29 is 18.3 Å². The van der Waals surface area contributed by atoms with Gasteiger partial charge in [0.25, 0.3) is 0 Å². The first-order chi connectivity index (χ1) is 8.01. The van der Waals surface area contributed by atoms with Gasteiger partial charge in [0.05, 0.1) is 18.4 Å². The van der Waals surface area contributed by atoms with Crippen LogP contribution in [0.25, 0.3) is 0 Å². The summed E-state index contributed by atoms with van der Waals surface area (Å²) in [6.07, 6.45) is 1.55. The van der Waals surface area contributed by atoms with Crippen molar-refractivity contribution in [3.63, 3.8) is 0 Å². The van der Waals surface area contributed by atoms with Crippen LogP contribution in [-0.2, 0) is 4.74 Å². The van der Waals surface area contributed by atoms with Crippen molar-refractivity contribution in [2.75, 3.05) is 12.4 Å². The van der Waals surface area contributed by atoms with Gasteiger partial charge in [-0.25, -0.2) is 13.6 Å². The van der Waals surface area contributed by atoms with Crippen molar-refractivity contribution in [1.82, 2.24) is 0 Å². The Morgan fingerprint density at radius 3 is 2.65 bits per heavy atom. The van der Waals surface area contributed by atoms with E-state index in [9.17, 15) is 13.6 Å². The summed E-state index contributed by atoms with van der Waals surface area (Å²) in [4.78, 5) is 11.1. The lowest BCUT2D eigenvalue weighted by molar-refractivity contribution is 0.0594. The summed E-state index contributed by atoms with van der Waals surface area (Å²) in [5.41, 5.74) is -0.454. The number of methoxy groups -OCH3 is 1. The van der Waals surface area contributed by atoms with Crippen LogP contribution in [0, 0.1) is 11.6 Å². The van der Waals surface area contributed by atoms with Gasteiger partial charge in [-0.05, 0) is 19.1 Å². The predicted molar refractivity (Wildman–Crippen MR) is 61.0 cm³/mol. The number of carbonyl (C=O) groups excluding carboxylic acids is 1. The van der Waals surface area contributed by atoms with E-state index < -0.39 is 23.2 Å². The Labute approximate surface area is 98.1 Å². The van der Waals surface area contributed by atoms with Crippen molar-refractivity contribution in [2.45, 2.75) is 13.0 Å². The largest absolute Gasteiger partial charge is 0.465 e. The average molecular weight is 241 g/mol. The van der Waals surface area contributed by atoms with Crippen LogP contribution in [0.2, 0.25) is 0 Å². The number of esters is 1. The molecule has 3 nitrogen and oxygen atoms in total. The maximum Gasteiger partial charge on any atom is 0.340 e. The van der Waals surface area contributed by atoms with Crippen LogP contribution in [0.4, 0.5) is 14.5 Å². The lowest BCUT2D eigenvalue weighted by Crippen LogP contribution is -2.14. The molecule has 0 aliphatic heterocycles. The van der Waals surface area contributed by atoms with E-state index in [1.54, 1.807) is 13.0 Å². The van der Waals surface area contributed by atoms with Crippen LogP contribution in [0.3, 0.4) is 0 Å². The second-order valence-corrected chi connectivity index (χ2v) is 3.45. The summed E-state index contributed by atoms with van der Waals surface area (Å²) >= 11 is 0. The van der Waals surface area contributed by atoms with Crippen molar-refractivity contribution in [1.29, 1.82) is 0 Å². The quantitative estimate of drug-likeness (QED) is 0.650. The maximum absolute atomic E-state index is 13.6. The molecule has 0 bridgehead atoms. The molecule has 1 unspecified atom stereocenters. The van der Waals surface area contributed by atoms with E-state index in [1.807, 2.05) is 0 Å². The van der Waals surface area contributed by atoms with E-state index in [0.717, 1.165) is 7.11 Å². The lowest BCUT2D eigenvalue weighted by atomic mass is 10.1. The van der Waals surface area contributed by atoms with Gasteiger partial charge in [0.1, 0.15) is 0 Å². The highest BCUT2D eigenvalue weighted by Gasteiger charge is 2.19. The maximum atomic E-state index is 13.6. The van der Waals surface area contributed by atoms with E-state index in [2.05, 4.69) is 16.6 Å². The summed E-state index contributed by atoms with van der Waals surface area (Å²) < 4.78 is 31.4. The van der Waals surface area contributed by atoms with Crippen LogP contribution in [0.5, 0.6) is 0 Å². The topological polar surface area (TPSA) is 38.3 Å². The second-order valence-electron chi connectivity index (χ2n) is 3.45. The van der Waals surface area contributed by atoms with Gasteiger partial charge in [-0.1, -0.05) is 6.08 Å². The molecule has 1 aromatic carbocycles. The summed E-state index contributed by atoms with van der Waals surface area (Å²) in [6.45, 7) is 5.25. The van der Waals surface area contributed by atoms with Gasteiger partial charge in [-0.2, -0.15) is 0 Å². The Bertz CT molecular complexity index is 446. The molecular weight excluding hydrogens is 228 g/mol. The van der Waals surface area contributed by atoms with Crippen LogP contribution in [-0.4, -0.2) is 19.1 Å². The number of benzene rings is 1. The zero-order chi connectivity index (χ0) is 13.0. The number of hydrogen-bond acceptors (Lipinski definition) is 3. The van der Waals surface area contributed by atoms with Crippen molar-refractivity contribution in [3.05, 3.63) is 42.0 Å². The highest BCUT2D eigenvalue weighted by atomic mass is 19.2. The number of hydrogen-bond donors (Lipinski definition) is 1. The highest BCUT2D eigenvalue weighted by molar-refractivity contribution is 5.90. The first-order valence-corrected chi connectivity index (χ1v) is 4.96. The molecule has 0 spiro atoms. The fourth-order valence-corrected chi connectivity index (χ4v) is 1.23. The van der Waals surface area contributed by atoms with Crippen LogP contribution < -0.4 is 5.32 Å². The van der Waals surface area contributed by atoms with Gasteiger partial charge in [0.15, 0.2) is 11.6 Å². The normalized spacial score (nSPS) is 11.8. The number of ether oxygens (including phenoxy) is 1. The third-order valence-electron chi connectivity index (χ3n) is 2.22. The van der Waals surface area contributed by atoms with E-state index >= 15 is 0 Å². The fourth-order valence-electron chi connectivity index (χ4n) is 1.23. The monoisotopic (exact) mass is 241 g/mol. The Balaban J connectivity index is 3.10. The molecule has 0 aliphatic rings. The third-order valence-corrected chi connectivity index (χ3v) is 2.22. The van der Waals surface area contributed by atoms with Crippen LogP contribution in [0.1, 0.15) is 17.3 Å². The van der Waals surface area contributed by atoms with Crippen LogP contribution >= 0.6 is 0 Å². The Morgan fingerprint density at radius 1 is 1.47 bits per heavy atom. The van der Waals surface area contributed by atoms with Crippen molar-refractivity contribution in [2.24, 2.45) is 0 Å². The Hall–Kier alpha value is -1.91. The first kappa shape index (κ1) is 13.2. The molecule has 0 aliphatic carbocycles. The molecule has 0 amide bonds. The zero-order valence-corrected chi connectivity index (χ0v) is 9.59. The molecule has 0 saturated carbocycles. The minimum Gasteiger partial charge on any atom is -0.465 e. The summed E-state index contributed by atoms with van der Waals surface area (Å²) in [5, 5.41) is 2.70. The first-order valence-electron chi connectivity index (χ1n) is 4.96. The van der Waals surface area contributed by atoms with E-state index in [4.69, 9.17) is 0 Å². The average Bonchev–Trinajstić information content (AvgIpc) is 2.34. The summed E-state index contributed by atoms with van der Waals surface area (Å²) in [6, 6.07) is 2.24. The third kappa shape index (κ3) is 2.81. The zero-order valence-electron chi connectivity index (χ0n) is 9.59. The lowest BCUT2D eigenvalue weighted by Gasteiger charge is -2.13. The van der Waals surface area contributed by atoms with Gasteiger partial charge in [-0.3, -0.25) is 0 Å². The summed E-state index contributed by atoms with van der Waals surface area (Å²) in [7, 11) is 1.10. The number of carbonyl (C=O) groups is 1. The molecule has 0 heterocycles. The fraction of sp³-hybridized carbons (Fsp3) is 0.250. The van der Waals surface area contributed by atoms with Gasteiger partial charge in [0, 0.05) is 6.04 Å². The van der Waals surface area contributed by atoms with Gasteiger partial charge in [0.2, 0.25) is 0 Å². The van der Waals surface area contributed by atoms with E-state index in [0.29, 0.717) is 0 Å². The highest BCUT2D eigenvalue weighted by Crippen LogP contribution is 2.21. The molecular formula is C12H13F2NO2. The molecule has 0 fully saturated rings. The molecule has 1 N–H and O–H groups in total. The number of nitrogens with one attached hydrogen (secondary N) is 1. The van der Waals surface area contributed by atoms with Crippen molar-refractivity contribution >= 4 is 11.7 Å². The minimum absolute atomic E-state index is 0.0254. The van der Waals surface area contributed by atoms with E-state index in [-0.39, 0.29) is 11.7 Å². The molecule has 1 rings (SSSR count). The number of anilines is 1. The molecule has 0 radical (unpaired) electrons. The molecule has 17 heavy (non-hydrogen) atoms. The summed E-state index contributed by atoms with van der Waals surface area (Å²) in [5.74, 6) is -3.25. The predicted octanol–water partition coefficient (Wildman–Crippen LogP) is 2.74. The molecule has 0 saturated heterocycles. The smallest absolute Gasteiger partial charge is 0.340 e. The minimum atomic E-state index is -1.22. The van der Waals surface area contributed by atoms with Gasteiger partial charge >= 0.3 is 5.97 Å². The SMILES string of the molecule is C=CC(C)Nc1ccc(C(=O)OC)c(F)c1F. The molecule has 1 atom stereocenters. The molecule has 5 heteroatoms.